The summed E-state index contributed by atoms with van der Waals surface area (Å²) in [5, 5.41) is 12.9. The Morgan fingerprint density at radius 2 is 0.676 bits per heavy atom. The van der Waals surface area contributed by atoms with Gasteiger partial charge in [0, 0.05) is 71.8 Å². The van der Waals surface area contributed by atoms with Crippen LogP contribution in [-0.4, -0.2) is 0 Å². The van der Waals surface area contributed by atoms with Gasteiger partial charge in [-0.05, 0) is 178 Å². The summed E-state index contributed by atoms with van der Waals surface area (Å²) in [5.74, 6) is 0.861. The number of fused-ring (bicyclic) bond motifs is 15. The minimum Gasteiger partial charge on any atom is -0.456 e. The van der Waals surface area contributed by atoms with Gasteiger partial charge in [-0.3, -0.25) is 0 Å². The quantitative estimate of drug-likeness (QED) is 0.151. The Morgan fingerprint density at radius 3 is 1.20 bits per heavy atom. The van der Waals surface area contributed by atoms with Crippen molar-refractivity contribution in [3.8, 4) is 0 Å². The standard InChI is InChI=1S/C68H48N2O4/c1-39(2)41-13-19-47(20-14-41)69(51-25-28-62-57(37-51)53-9-5-7-11-60(53)71-62)49-23-17-43-33-56-55-27-30-64-67(68(55)74-65(56)35-45(43)31-49)59-34-44-18-24-50(32-46(44)36-66(59)73-64)70(48-21-15-42(16-22-48)40(3)4)52-26-29-63-58(38-52)54-10-6-8-12-61(54)72-63/h5-40H,1-4H3. The van der Waals surface area contributed by atoms with E-state index in [1.54, 1.807) is 0 Å². The fourth-order valence-corrected chi connectivity index (χ4v) is 11.4. The Morgan fingerprint density at radius 1 is 0.270 bits per heavy atom. The average molecular weight is 957 g/mol. The van der Waals surface area contributed by atoms with Crippen molar-refractivity contribution in [3.05, 3.63) is 217 Å². The van der Waals surface area contributed by atoms with Gasteiger partial charge in [0.2, 0.25) is 0 Å². The van der Waals surface area contributed by atoms with Crippen molar-refractivity contribution in [2.75, 3.05) is 9.80 Å². The maximum atomic E-state index is 6.96. The van der Waals surface area contributed by atoms with Crippen LogP contribution in [0.15, 0.2) is 224 Å². The summed E-state index contributed by atoms with van der Waals surface area (Å²) < 4.78 is 26.2. The van der Waals surface area contributed by atoms with E-state index in [9.17, 15) is 0 Å². The minimum atomic E-state index is 0.430. The summed E-state index contributed by atoms with van der Waals surface area (Å²) >= 11 is 0. The molecule has 354 valence electrons. The summed E-state index contributed by atoms with van der Waals surface area (Å²) in [5.41, 5.74) is 15.8. The Kier molecular flexibility index (Phi) is 9.24. The lowest BCUT2D eigenvalue weighted by atomic mass is 10.0. The fraction of sp³-hybridized carbons (Fsp3) is 0.0882. The molecule has 0 fully saturated rings. The van der Waals surface area contributed by atoms with E-state index in [0.717, 1.165) is 143 Å². The smallest absolute Gasteiger partial charge is 0.147 e. The summed E-state index contributed by atoms with van der Waals surface area (Å²) in [4.78, 5) is 4.67. The Balaban J connectivity index is 0.841. The van der Waals surface area contributed by atoms with Crippen molar-refractivity contribution in [1.29, 1.82) is 0 Å². The summed E-state index contributed by atoms with van der Waals surface area (Å²) in [6.07, 6.45) is 0. The second-order valence-corrected chi connectivity index (χ2v) is 20.5. The third-order valence-electron chi connectivity index (χ3n) is 15.3. The number of hydrogen-bond acceptors (Lipinski definition) is 6. The van der Waals surface area contributed by atoms with Crippen LogP contribution < -0.4 is 9.80 Å². The van der Waals surface area contributed by atoms with Crippen LogP contribution in [0, 0.1) is 0 Å². The molecule has 15 rings (SSSR count). The molecule has 0 saturated carbocycles. The van der Waals surface area contributed by atoms with Gasteiger partial charge in [-0.15, -0.1) is 0 Å². The van der Waals surface area contributed by atoms with Crippen LogP contribution in [0.5, 0.6) is 0 Å². The zero-order chi connectivity index (χ0) is 49.3. The van der Waals surface area contributed by atoms with Crippen LogP contribution in [-0.2, 0) is 0 Å². The number of benzene rings is 11. The van der Waals surface area contributed by atoms with E-state index in [4.69, 9.17) is 17.7 Å². The van der Waals surface area contributed by atoms with Gasteiger partial charge in [-0.2, -0.15) is 0 Å². The first-order valence-corrected chi connectivity index (χ1v) is 25.6. The van der Waals surface area contributed by atoms with Crippen LogP contribution in [0.4, 0.5) is 34.1 Å². The zero-order valence-electron chi connectivity index (χ0n) is 41.3. The lowest BCUT2D eigenvalue weighted by Crippen LogP contribution is -2.10. The van der Waals surface area contributed by atoms with E-state index in [-0.39, 0.29) is 0 Å². The molecule has 0 unspecified atom stereocenters. The third kappa shape index (κ3) is 6.64. The molecule has 0 saturated heterocycles. The van der Waals surface area contributed by atoms with Crippen LogP contribution in [0.25, 0.3) is 109 Å². The maximum Gasteiger partial charge on any atom is 0.147 e. The minimum absolute atomic E-state index is 0.430. The second-order valence-electron chi connectivity index (χ2n) is 20.5. The number of para-hydroxylation sites is 2. The fourth-order valence-electron chi connectivity index (χ4n) is 11.4. The molecule has 0 aliphatic rings. The van der Waals surface area contributed by atoms with E-state index in [2.05, 4.69) is 219 Å². The van der Waals surface area contributed by atoms with Gasteiger partial charge in [0.15, 0.2) is 0 Å². The number of anilines is 6. The first kappa shape index (κ1) is 42.4. The van der Waals surface area contributed by atoms with Crippen LogP contribution in [0.2, 0.25) is 0 Å². The Labute approximate surface area is 425 Å². The molecule has 6 nitrogen and oxygen atoms in total. The second kappa shape index (κ2) is 16.1. The van der Waals surface area contributed by atoms with E-state index in [1.165, 1.54) is 11.1 Å². The molecule has 0 amide bonds. The molecular weight excluding hydrogens is 909 g/mol. The Bertz CT molecular complexity index is 4740. The molecule has 6 heteroatoms. The average Bonchev–Trinajstić information content (AvgIpc) is 4.19. The molecule has 4 heterocycles. The highest BCUT2D eigenvalue weighted by molar-refractivity contribution is 6.24. The van der Waals surface area contributed by atoms with Gasteiger partial charge in [-0.1, -0.05) is 100 Å². The van der Waals surface area contributed by atoms with E-state index < -0.39 is 0 Å². The van der Waals surface area contributed by atoms with Crippen LogP contribution >= 0.6 is 0 Å². The van der Waals surface area contributed by atoms with Gasteiger partial charge < -0.3 is 27.5 Å². The lowest BCUT2D eigenvalue weighted by Gasteiger charge is -2.26. The predicted molar refractivity (Wildman–Crippen MR) is 308 cm³/mol. The van der Waals surface area contributed by atoms with E-state index >= 15 is 0 Å². The van der Waals surface area contributed by atoms with Crippen LogP contribution in [0.1, 0.15) is 50.7 Å². The normalized spacial score (nSPS) is 12.3. The highest BCUT2D eigenvalue weighted by Crippen LogP contribution is 2.46. The number of furan rings is 4. The van der Waals surface area contributed by atoms with Crippen molar-refractivity contribution in [1.82, 2.24) is 0 Å². The molecule has 0 aliphatic carbocycles. The largest absolute Gasteiger partial charge is 0.456 e. The van der Waals surface area contributed by atoms with Gasteiger partial charge in [0.25, 0.3) is 0 Å². The third-order valence-corrected chi connectivity index (χ3v) is 15.3. The zero-order valence-corrected chi connectivity index (χ0v) is 41.3. The molecule has 0 atom stereocenters. The summed E-state index contributed by atoms with van der Waals surface area (Å²) in [6, 6.07) is 74.0. The maximum absolute atomic E-state index is 6.96. The van der Waals surface area contributed by atoms with Crippen molar-refractivity contribution in [2.45, 2.75) is 39.5 Å². The van der Waals surface area contributed by atoms with Crippen molar-refractivity contribution in [3.63, 3.8) is 0 Å². The summed E-state index contributed by atoms with van der Waals surface area (Å²) in [7, 11) is 0. The molecule has 0 aliphatic heterocycles. The molecule has 74 heavy (non-hydrogen) atoms. The molecule has 4 aromatic heterocycles. The first-order chi connectivity index (χ1) is 36.3. The number of rotatable bonds is 8. The lowest BCUT2D eigenvalue weighted by molar-refractivity contribution is 0.663. The van der Waals surface area contributed by atoms with Crippen molar-refractivity contribution in [2.24, 2.45) is 0 Å². The highest BCUT2D eigenvalue weighted by atomic mass is 16.3. The van der Waals surface area contributed by atoms with Gasteiger partial charge in [-0.25, -0.2) is 0 Å². The SMILES string of the molecule is CC(C)c1ccc(N(c2ccc3cc4c(cc3c2)oc2c4ccc3oc4cc5cc(N(c6ccc(C(C)C)cc6)c6ccc7oc8ccccc8c7c6)ccc5cc4c32)c2ccc3oc4ccccc4c3c2)cc1. The molecule has 0 bridgehead atoms. The van der Waals surface area contributed by atoms with Crippen molar-refractivity contribution >= 4 is 143 Å². The van der Waals surface area contributed by atoms with E-state index in [1.807, 2.05) is 24.3 Å². The Hall–Kier alpha value is -9.26. The number of hydrogen-bond donors (Lipinski definition) is 0. The molecular formula is C68H48N2O4. The van der Waals surface area contributed by atoms with Crippen LogP contribution in [0.3, 0.4) is 0 Å². The predicted octanol–water partition coefficient (Wildman–Crippen LogP) is 20.8. The molecule has 0 spiro atoms. The monoisotopic (exact) mass is 956 g/mol. The van der Waals surface area contributed by atoms with Gasteiger partial charge in [0.1, 0.15) is 44.7 Å². The van der Waals surface area contributed by atoms with Gasteiger partial charge in [0.05, 0.1) is 5.39 Å². The number of nitrogens with zero attached hydrogens (tertiary/aromatic N) is 2. The molecule has 15 aromatic rings. The van der Waals surface area contributed by atoms with Crippen molar-refractivity contribution < 1.29 is 17.7 Å². The van der Waals surface area contributed by atoms with Gasteiger partial charge >= 0.3 is 0 Å². The highest BCUT2D eigenvalue weighted by Gasteiger charge is 2.22. The van der Waals surface area contributed by atoms with E-state index in [0.29, 0.717) is 11.8 Å². The molecule has 0 N–H and O–H groups in total. The summed E-state index contributed by atoms with van der Waals surface area (Å²) in [6.45, 7) is 8.94. The molecule has 11 aromatic carbocycles. The first-order valence-electron chi connectivity index (χ1n) is 25.6. The molecule has 0 radical (unpaired) electrons. The topological polar surface area (TPSA) is 59.0 Å².